The predicted octanol–water partition coefficient (Wildman–Crippen LogP) is 4.58. The molecule has 1 N–H and O–H groups in total. The fraction of sp³-hybridized carbons (Fsp3) is 0.231. The Balaban J connectivity index is 1.40. The topological polar surface area (TPSA) is 81.3 Å². The number of para-hydroxylation sites is 1. The van der Waals surface area contributed by atoms with E-state index < -0.39 is 0 Å². The molecule has 0 saturated carbocycles. The number of hydrogen-bond donors (Lipinski definition) is 1. The van der Waals surface area contributed by atoms with Crippen molar-refractivity contribution in [2.75, 3.05) is 5.75 Å². The quantitative estimate of drug-likeness (QED) is 0.352. The van der Waals surface area contributed by atoms with Crippen molar-refractivity contribution in [2.45, 2.75) is 38.0 Å². The molecular weight excluding hydrogens is 446 g/mol. The molecule has 0 fully saturated rings. The average Bonchev–Trinajstić information content (AvgIpc) is 3.29. The van der Waals surface area contributed by atoms with Crippen molar-refractivity contribution in [2.24, 2.45) is 0 Å². The van der Waals surface area contributed by atoms with E-state index in [1.807, 2.05) is 66.8 Å². The van der Waals surface area contributed by atoms with Gasteiger partial charge in [-0.1, -0.05) is 73.3 Å². The molecule has 1 unspecified atom stereocenters. The third-order valence-corrected chi connectivity index (χ3v) is 6.85. The monoisotopic (exact) mass is 471 g/mol. The van der Waals surface area contributed by atoms with Crippen molar-refractivity contribution in [3.63, 3.8) is 0 Å². The Labute approximate surface area is 200 Å². The minimum absolute atomic E-state index is 0.0736. The number of fused-ring (bicyclic) bond motifs is 4. The van der Waals surface area contributed by atoms with E-state index in [1.54, 1.807) is 4.57 Å². The summed E-state index contributed by atoms with van der Waals surface area (Å²) < 4.78 is 3.53. The number of nitrogens with one attached hydrogen (secondary N) is 1. The summed E-state index contributed by atoms with van der Waals surface area (Å²) >= 11 is 1.31. The lowest BCUT2D eigenvalue weighted by atomic mass is 10.00. The van der Waals surface area contributed by atoms with Gasteiger partial charge in [0.15, 0.2) is 5.16 Å². The van der Waals surface area contributed by atoms with Crippen LogP contribution in [0.2, 0.25) is 0 Å². The van der Waals surface area contributed by atoms with Crippen LogP contribution >= 0.6 is 11.8 Å². The zero-order valence-electron chi connectivity index (χ0n) is 19.1. The van der Waals surface area contributed by atoms with Crippen molar-refractivity contribution in [1.82, 2.24) is 24.5 Å². The molecule has 0 spiro atoms. The molecule has 7 nitrogen and oxygen atoms in total. The third-order valence-electron chi connectivity index (χ3n) is 5.93. The Bertz CT molecular complexity index is 1570. The van der Waals surface area contributed by atoms with Gasteiger partial charge in [-0.25, -0.2) is 0 Å². The van der Waals surface area contributed by atoms with Crippen molar-refractivity contribution in [3.8, 4) is 0 Å². The second-order valence-electron chi connectivity index (χ2n) is 8.24. The van der Waals surface area contributed by atoms with Gasteiger partial charge in [0.05, 0.1) is 22.7 Å². The molecule has 1 amide bonds. The van der Waals surface area contributed by atoms with Crippen LogP contribution in [-0.4, -0.2) is 30.8 Å². The maximum atomic E-state index is 13.0. The fourth-order valence-electron chi connectivity index (χ4n) is 4.37. The summed E-state index contributed by atoms with van der Waals surface area (Å²) in [7, 11) is 0. The lowest BCUT2D eigenvalue weighted by Gasteiger charge is -2.16. The highest BCUT2D eigenvalue weighted by atomic mass is 32.2. The Kier molecular flexibility index (Phi) is 6.06. The Hall–Kier alpha value is -3.65. The van der Waals surface area contributed by atoms with Crippen molar-refractivity contribution < 1.29 is 4.79 Å². The van der Waals surface area contributed by atoms with Gasteiger partial charge in [0.2, 0.25) is 11.7 Å². The normalized spacial score (nSPS) is 12.4. The van der Waals surface area contributed by atoms with Crippen LogP contribution < -0.4 is 10.9 Å². The maximum Gasteiger partial charge on any atom is 0.262 e. The standard InChI is InChI=1S/C26H25N5O2S/c1-3-15-30-24(33)21-12-6-7-14-22(21)31-25(30)28-29-26(31)34-16-23(32)27-17(2)19-13-8-10-18-9-4-5-11-20(18)19/h4-14,17H,3,15-16H2,1-2H3,(H,27,32). The number of nitrogens with zero attached hydrogens (tertiary/aromatic N) is 4. The van der Waals surface area contributed by atoms with E-state index in [9.17, 15) is 9.59 Å². The van der Waals surface area contributed by atoms with Gasteiger partial charge < -0.3 is 5.32 Å². The van der Waals surface area contributed by atoms with E-state index in [-0.39, 0.29) is 23.3 Å². The lowest BCUT2D eigenvalue weighted by Crippen LogP contribution is -2.28. The zero-order chi connectivity index (χ0) is 23.7. The summed E-state index contributed by atoms with van der Waals surface area (Å²) in [6.07, 6.45) is 0.803. The zero-order valence-corrected chi connectivity index (χ0v) is 19.9. The number of amides is 1. The summed E-state index contributed by atoms with van der Waals surface area (Å²) in [5.41, 5.74) is 1.75. The molecule has 172 valence electrons. The van der Waals surface area contributed by atoms with E-state index >= 15 is 0 Å². The molecule has 0 aliphatic heterocycles. The SMILES string of the molecule is CCCn1c(=O)c2ccccc2n2c(SCC(=O)NC(C)c3cccc4ccccc34)nnc12. The average molecular weight is 472 g/mol. The van der Waals surface area contributed by atoms with E-state index in [0.29, 0.717) is 22.9 Å². The van der Waals surface area contributed by atoms with Gasteiger partial charge in [-0.15, -0.1) is 10.2 Å². The smallest absolute Gasteiger partial charge is 0.262 e. The van der Waals surface area contributed by atoms with Gasteiger partial charge in [0.1, 0.15) is 0 Å². The highest BCUT2D eigenvalue weighted by Crippen LogP contribution is 2.25. The number of benzene rings is 3. The molecule has 0 saturated heterocycles. The molecule has 5 aromatic rings. The summed E-state index contributed by atoms with van der Waals surface area (Å²) in [5.74, 6) is 0.600. The number of aryl methyl sites for hydroxylation is 1. The first kappa shape index (κ1) is 22.2. The van der Waals surface area contributed by atoms with E-state index in [4.69, 9.17) is 0 Å². The molecule has 0 radical (unpaired) electrons. The lowest BCUT2D eigenvalue weighted by molar-refractivity contribution is -0.119. The molecular formula is C26H25N5O2S. The number of aromatic nitrogens is 4. The highest BCUT2D eigenvalue weighted by Gasteiger charge is 2.18. The molecule has 2 aromatic heterocycles. The third kappa shape index (κ3) is 3.94. The number of carbonyl (C=O) groups is 1. The van der Waals surface area contributed by atoms with Gasteiger partial charge in [-0.05, 0) is 41.8 Å². The molecule has 0 aliphatic carbocycles. The fourth-order valence-corrected chi connectivity index (χ4v) is 5.12. The molecule has 8 heteroatoms. The minimum atomic E-state index is -0.134. The first-order chi connectivity index (χ1) is 16.6. The number of thioether (sulfide) groups is 1. The van der Waals surface area contributed by atoms with Gasteiger partial charge in [-0.3, -0.25) is 18.6 Å². The molecule has 0 bridgehead atoms. The molecule has 5 rings (SSSR count). The molecule has 3 aromatic carbocycles. The van der Waals surface area contributed by atoms with Crippen LogP contribution in [0.3, 0.4) is 0 Å². The minimum Gasteiger partial charge on any atom is -0.349 e. The Morgan fingerprint density at radius 3 is 2.56 bits per heavy atom. The van der Waals surface area contributed by atoms with Gasteiger partial charge in [-0.2, -0.15) is 0 Å². The second kappa shape index (κ2) is 9.30. The van der Waals surface area contributed by atoms with Gasteiger partial charge in [0, 0.05) is 6.54 Å². The summed E-state index contributed by atoms with van der Waals surface area (Å²) in [6.45, 7) is 4.57. The summed E-state index contributed by atoms with van der Waals surface area (Å²) in [6, 6.07) is 21.6. The van der Waals surface area contributed by atoms with Gasteiger partial charge in [0.25, 0.3) is 5.56 Å². The number of hydrogen-bond acceptors (Lipinski definition) is 5. The first-order valence-corrected chi connectivity index (χ1v) is 12.3. The van der Waals surface area contributed by atoms with Crippen molar-refractivity contribution >= 4 is 45.1 Å². The predicted molar refractivity (Wildman–Crippen MR) is 136 cm³/mol. The first-order valence-electron chi connectivity index (χ1n) is 11.3. The van der Waals surface area contributed by atoms with E-state index in [0.717, 1.165) is 28.3 Å². The van der Waals surface area contributed by atoms with E-state index in [2.05, 4.69) is 33.7 Å². The van der Waals surface area contributed by atoms with Gasteiger partial charge >= 0.3 is 0 Å². The molecule has 2 heterocycles. The molecule has 1 atom stereocenters. The van der Waals surface area contributed by atoms with Crippen LogP contribution in [0.25, 0.3) is 27.5 Å². The molecule has 0 aliphatic rings. The maximum absolute atomic E-state index is 13.0. The largest absolute Gasteiger partial charge is 0.349 e. The van der Waals surface area contributed by atoms with Crippen LogP contribution in [0.1, 0.15) is 31.9 Å². The summed E-state index contributed by atoms with van der Waals surface area (Å²) in [5, 5.41) is 15.2. The second-order valence-corrected chi connectivity index (χ2v) is 9.18. The number of carbonyl (C=O) groups excluding carboxylic acids is 1. The Morgan fingerprint density at radius 1 is 1.00 bits per heavy atom. The van der Waals surface area contributed by atoms with Crippen LogP contribution in [-0.2, 0) is 11.3 Å². The number of rotatable bonds is 7. The van der Waals surface area contributed by atoms with Crippen LogP contribution in [0.15, 0.2) is 76.7 Å². The Morgan fingerprint density at radius 2 is 1.74 bits per heavy atom. The van der Waals surface area contributed by atoms with Crippen molar-refractivity contribution in [3.05, 3.63) is 82.6 Å². The van der Waals surface area contributed by atoms with Crippen molar-refractivity contribution in [1.29, 1.82) is 0 Å². The molecule has 34 heavy (non-hydrogen) atoms. The highest BCUT2D eigenvalue weighted by molar-refractivity contribution is 7.99. The van der Waals surface area contributed by atoms with Crippen LogP contribution in [0.5, 0.6) is 0 Å². The van der Waals surface area contributed by atoms with Crippen LogP contribution in [0.4, 0.5) is 0 Å². The van der Waals surface area contributed by atoms with E-state index in [1.165, 1.54) is 11.8 Å². The van der Waals surface area contributed by atoms with Crippen LogP contribution in [0, 0.1) is 0 Å². The summed E-state index contributed by atoms with van der Waals surface area (Å²) in [4.78, 5) is 25.8.